The molecule has 11 heteroatoms. The molecule has 0 amide bonds. The van der Waals surface area contributed by atoms with E-state index in [-0.39, 0.29) is 30.0 Å². The molecule has 4 rings (SSSR count). The van der Waals surface area contributed by atoms with Crippen LogP contribution in [0.1, 0.15) is 11.9 Å². The zero-order chi connectivity index (χ0) is 18.1. The first-order chi connectivity index (χ1) is 12.6. The van der Waals surface area contributed by atoms with Crippen molar-refractivity contribution >= 4 is 18.1 Å². The summed E-state index contributed by atoms with van der Waals surface area (Å²) in [6, 6.07) is 4.83. The molecule has 0 aliphatic carbocycles. The van der Waals surface area contributed by atoms with Gasteiger partial charge in [-0.15, -0.1) is 12.4 Å². The van der Waals surface area contributed by atoms with Gasteiger partial charge in [0.15, 0.2) is 5.82 Å². The first-order valence-electron chi connectivity index (χ1n) is 8.15. The Hall–Kier alpha value is -2.82. The summed E-state index contributed by atoms with van der Waals surface area (Å²) in [5.41, 5.74) is 0.870. The number of nitrogens with one attached hydrogen (secondary N) is 1. The molecule has 3 aromatic rings. The van der Waals surface area contributed by atoms with Crippen LogP contribution in [0, 0.1) is 10.1 Å². The second kappa shape index (κ2) is 7.82. The van der Waals surface area contributed by atoms with Gasteiger partial charge in [0.2, 0.25) is 0 Å². The highest BCUT2D eigenvalue weighted by molar-refractivity contribution is 5.85. The van der Waals surface area contributed by atoms with Gasteiger partial charge in [-0.25, -0.2) is 4.98 Å². The second-order valence-electron chi connectivity index (χ2n) is 6.09. The molecule has 1 saturated heterocycles. The third kappa shape index (κ3) is 3.68. The molecule has 1 aromatic carbocycles. The van der Waals surface area contributed by atoms with Crippen LogP contribution in [0.5, 0.6) is 0 Å². The van der Waals surface area contributed by atoms with Gasteiger partial charge in [0.05, 0.1) is 17.3 Å². The number of piperazine rings is 1. The number of nitrogens with zero attached hydrogens (tertiary/aromatic N) is 6. The van der Waals surface area contributed by atoms with Crippen LogP contribution in [-0.4, -0.2) is 56.2 Å². The number of rotatable bonds is 4. The van der Waals surface area contributed by atoms with E-state index < -0.39 is 4.92 Å². The highest BCUT2D eigenvalue weighted by Gasteiger charge is 2.26. The molecule has 1 aliphatic rings. The Morgan fingerprint density at radius 2 is 2.26 bits per heavy atom. The van der Waals surface area contributed by atoms with Gasteiger partial charge in [-0.3, -0.25) is 15.0 Å². The highest BCUT2D eigenvalue weighted by atomic mass is 35.5. The van der Waals surface area contributed by atoms with Gasteiger partial charge >= 0.3 is 0 Å². The van der Waals surface area contributed by atoms with E-state index in [1.165, 1.54) is 12.4 Å². The van der Waals surface area contributed by atoms with Crippen molar-refractivity contribution in [3.63, 3.8) is 0 Å². The first kappa shape index (κ1) is 19.0. The van der Waals surface area contributed by atoms with Gasteiger partial charge in [-0.2, -0.15) is 4.98 Å². The minimum atomic E-state index is -0.436. The van der Waals surface area contributed by atoms with Crippen LogP contribution in [0.15, 0.2) is 41.4 Å². The molecule has 1 aliphatic heterocycles. The molecular formula is C16H18ClN7O3. The molecule has 3 heterocycles. The van der Waals surface area contributed by atoms with Crippen LogP contribution in [0.3, 0.4) is 0 Å². The molecule has 0 spiro atoms. The SMILES string of the molecule is CN1CCNCC1c1noc(-c2ccc(-n3ccnc3)c([N+](=O)[O-])c2)n1.Cl. The third-order valence-corrected chi connectivity index (χ3v) is 4.45. The zero-order valence-electron chi connectivity index (χ0n) is 14.5. The summed E-state index contributed by atoms with van der Waals surface area (Å²) in [6.45, 7) is 2.54. The highest BCUT2D eigenvalue weighted by Crippen LogP contribution is 2.30. The van der Waals surface area contributed by atoms with Crippen molar-refractivity contribution in [1.82, 2.24) is 29.9 Å². The minimum absolute atomic E-state index is 0. The number of benzene rings is 1. The van der Waals surface area contributed by atoms with E-state index in [1.807, 2.05) is 7.05 Å². The number of aromatic nitrogens is 4. The lowest BCUT2D eigenvalue weighted by molar-refractivity contribution is -0.384. The second-order valence-corrected chi connectivity index (χ2v) is 6.09. The molecule has 27 heavy (non-hydrogen) atoms. The molecule has 0 saturated carbocycles. The average Bonchev–Trinajstić information content (AvgIpc) is 3.34. The standard InChI is InChI=1S/C16H17N7O3.ClH/c1-21-6-4-17-9-14(21)15-19-16(26-20-15)11-2-3-12(13(8-11)23(24)25)22-7-5-18-10-22;/h2-3,5,7-8,10,14,17H,4,6,9H2,1H3;1H. The van der Waals surface area contributed by atoms with Crippen molar-refractivity contribution in [3.05, 3.63) is 52.9 Å². The number of hydrogen-bond donors (Lipinski definition) is 1. The molecule has 1 N–H and O–H groups in total. The molecular weight excluding hydrogens is 374 g/mol. The average molecular weight is 392 g/mol. The summed E-state index contributed by atoms with van der Waals surface area (Å²) in [5, 5.41) is 18.8. The van der Waals surface area contributed by atoms with Gasteiger partial charge in [0.25, 0.3) is 11.6 Å². The zero-order valence-corrected chi connectivity index (χ0v) is 15.3. The maximum atomic E-state index is 11.5. The predicted octanol–water partition coefficient (Wildman–Crippen LogP) is 1.83. The summed E-state index contributed by atoms with van der Waals surface area (Å²) in [5.74, 6) is 0.829. The van der Waals surface area contributed by atoms with Gasteiger partial charge in [0, 0.05) is 43.7 Å². The Bertz CT molecular complexity index is 928. The summed E-state index contributed by atoms with van der Waals surface area (Å²) in [6.07, 6.45) is 4.73. The van der Waals surface area contributed by atoms with E-state index >= 15 is 0 Å². The van der Waals surface area contributed by atoms with Gasteiger partial charge < -0.3 is 14.4 Å². The Kier molecular flexibility index (Phi) is 5.49. The molecule has 0 radical (unpaired) electrons. The van der Waals surface area contributed by atoms with Crippen LogP contribution in [-0.2, 0) is 0 Å². The summed E-state index contributed by atoms with van der Waals surface area (Å²) in [7, 11) is 2.01. The Labute approximate surface area is 160 Å². The summed E-state index contributed by atoms with van der Waals surface area (Å²) < 4.78 is 6.95. The molecule has 0 bridgehead atoms. The lowest BCUT2D eigenvalue weighted by Gasteiger charge is -2.30. The number of hydrogen-bond acceptors (Lipinski definition) is 8. The van der Waals surface area contributed by atoms with Crippen LogP contribution < -0.4 is 5.32 Å². The maximum absolute atomic E-state index is 11.5. The number of likely N-dealkylation sites (N-methyl/N-ethyl adjacent to an activating group) is 1. The smallest absolute Gasteiger partial charge is 0.294 e. The normalized spacial score (nSPS) is 17.4. The Morgan fingerprint density at radius 3 is 2.96 bits per heavy atom. The van der Waals surface area contributed by atoms with Crippen molar-refractivity contribution < 1.29 is 9.45 Å². The fraction of sp³-hybridized carbons (Fsp3) is 0.312. The minimum Gasteiger partial charge on any atom is -0.334 e. The first-order valence-corrected chi connectivity index (χ1v) is 8.15. The summed E-state index contributed by atoms with van der Waals surface area (Å²) >= 11 is 0. The monoisotopic (exact) mass is 391 g/mol. The Morgan fingerprint density at radius 1 is 1.41 bits per heavy atom. The fourth-order valence-corrected chi connectivity index (χ4v) is 3.00. The predicted molar refractivity (Wildman–Crippen MR) is 99.0 cm³/mol. The quantitative estimate of drug-likeness (QED) is 0.529. The third-order valence-electron chi connectivity index (χ3n) is 4.45. The van der Waals surface area contributed by atoms with Crippen molar-refractivity contribution in [3.8, 4) is 17.1 Å². The van der Waals surface area contributed by atoms with E-state index in [4.69, 9.17) is 4.52 Å². The van der Waals surface area contributed by atoms with Gasteiger partial charge in [0.1, 0.15) is 5.69 Å². The number of halogens is 1. The summed E-state index contributed by atoms with van der Waals surface area (Å²) in [4.78, 5) is 21.6. The topological polar surface area (TPSA) is 115 Å². The molecule has 2 aromatic heterocycles. The molecule has 142 valence electrons. The van der Waals surface area contributed by atoms with Crippen LogP contribution in [0.25, 0.3) is 17.1 Å². The van der Waals surface area contributed by atoms with Crippen molar-refractivity contribution in [1.29, 1.82) is 0 Å². The largest absolute Gasteiger partial charge is 0.334 e. The van der Waals surface area contributed by atoms with E-state index in [0.717, 1.165) is 19.6 Å². The van der Waals surface area contributed by atoms with E-state index in [1.54, 1.807) is 29.1 Å². The maximum Gasteiger partial charge on any atom is 0.294 e. The van der Waals surface area contributed by atoms with E-state index in [9.17, 15) is 10.1 Å². The van der Waals surface area contributed by atoms with E-state index in [2.05, 4.69) is 25.3 Å². The van der Waals surface area contributed by atoms with Crippen molar-refractivity contribution in [2.24, 2.45) is 0 Å². The number of nitro benzene ring substituents is 1. The molecule has 1 unspecified atom stereocenters. The van der Waals surface area contributed by atoms with Crippen LogP contribution in [0.4, 0.5) is 5.69 Å². The van der Waals surface area contributed by atoms with Gasteiger partial charge in [-0.1, -0.05) is 5.16 Å². The van der Waals surface area contributed by atoms with Crippen LogP contribution in [0.2, 0.25) is 0 Å². The molecule has 1 atom stereocenters. The number of nitro groups is 1. The molecule has 10 nitrogen and oxygen atoms in total. The lowest BCUT2D eigenvalue weighted by atomic mass is 10.1. The lowest BCUT2D eigenvalue weighted by Crippen LogP contribution is -2.44. The van der Waals surface area contributed by atoms with Crippen LogP contribution >= 0.6 is 12.4 Å². The number of imidazole rings is 1. The van der Waals surface area contributed by atoms with Crippen molar-refractivity contribution in [2.75, 3.05) is 26.7 Å². The fourth-order valence-electron chi connectivity index (χ4n) is 3.00. The Balaban J connectivity index is 0.00000210. The van der Waals surface area contributed by atoms with Gasteiger partial charge in [-0.05, 0) is 19.2 Å². The van der Waals surface area contributed by atoms with Crippen molar-refractivity contribution in [2.45, 2.75) is 6.04 Å². The molecule has 1 fully saturated rings. The van der Waals surface area contributed by atoms with E-state index in [0.29, 0.717) is 17.1 Å².